The smallest absolute Gasteiger partial charge is 0.284 e. The molecule has 1 aliphatic heterocycles. The Labute approximate surface area is 118 Å². The Kier molecular flexibility index (Phi) is 5.13. The molecule has 1 N–H and O–H groups in total. The van der Waals surface area contributed by atoms with Gasteiger partial charge in [0.25, 0.3) is 5.91 Å². The highest BCUT2D eigenvalue weighted by Gasteiger charge is 2.28. The molecule has 0 bridgehead atoms. The Morgan fingerprint density at radius 2 is 2.26 bits per heavy atom. The molecule has 2 heterocycles. The molecular formula is C13H22N4OS. The monoisotopic (exact) mass is 282 g/mol. The van der Waals surface area contributed by atoms with Gasteiger partial charge in [-0.05, 0) is 25.2 Å². The molecule has 0 aliphatic carbocycles. The zero-order valence-corrected chi connectivity index (χ0v) is 12.5. The lowest BCUT2D eigenvalue weighted by atomic mass is 10.0. The molecule has 1 aliphatic rings. The van der Waals surface area contributed by atoms with E-state index in [4.69, 9.17) is 0 Å². The quantitative estimate of drug-likeness (QED) is 0.871. The number of amides is 1. The van der Waals surface area contributed by atoms with Crippen LogP contribution in [-0.2, 0) is 0 Å². The summed E-state index contributed by atoms with van der Waals surface area (Å²) < 4.78 is 0. The molecule has 106 valence electrons. The van der Waals surface area contributed by atoms with Crippen molar-refractivity contribution >= 4 is 22.4 Å². The minimum absolute atomic E-state index is 0.0423. The summed E-state index contributed by atoms with van der Waals surface area (Å²) in [6, 6.07) is 0. The van der Waals surface area contributed by atoms with Gasteiger partial charge in [0.05, 0.1) is 0 Å². The molecule has 0 radical (unpaired) electrons. The highest BCUT2D eigenvalue weighted by molar-refractivity contribution is 7.17. The van der Waals surface area contributed by atoms with Crippen molar-refractivity contribution in [3.8, 4) is 0 Å². The van der Waals surface area contributed by atoms with Gasteiger partial charge in [-0.2, -0.15) is 0 Å². The normalized spacial score (nSPS) is 18.8. The lowest BCUT2D eigenvalue weighted by molar-refractivity contribution is 0.0785. The molecule has 0 aromatic carbocycles. The number of aromatic nitrogens is 2. The van der Waals surface area contributed by atoms with Gasteiger partial charge in [0.15, 0.2) is 0 Å². The summed E-state index contributed by atoms with van der Waals surface area (Å²) in [6.07, 6.45) is 4.56. The standard InChI is InChI=1S/C13H22N4OS/c1-3-5-10-6-8-17(9-10)12(18)11-15-16-13(19-11)14-7-4-2/h10H,3-9H2,1-2H3,(H,14,16). The molecule has 2 rings (SSSR count). The van der Waals surface area contributed by atoms with Crippen LogP contribution >= 0.6 is 11.3 Å². The van der Waals surface area contributed by atoms with Crippen molar-refractivity contribution in [3.05, 3.63) is 5.01 Å². The molecular weight excluding hydrogens is 260 g/mol. The fourth-order valence-electron chi connectivity index (χ4n) is 2.41. The van der Waals surface area contributed by atoms with E-state index in [1.165, 1.54) is 24.2 Å². The van der Waals surface area contributed by atoms with Crippen LogP contribution in [0.3, 0.4) is 0 Å². The summed E-state index contributed by atoms with van der Waals surface area (Å²) in [5.74, 6) is 0.709. The van der Waals surface area contributed by atoms with Crippen molar-refractivity contribution in [2.75, 3.05) is 25.0 Å². The van der Waals surface area contributed by atoms with Crippen LogP contribution in [0.15, 0.2) is 0 Å². The number of nitrogens with zero attached hydrogens (tertiary/aromatic N) is 3. The fraction of sp³-hybridized carbons (Fsp3) is 0.769. The number of hydrogen-bond acceptors (Lipinski definition) is 5. The first-order valence-electron chi connectivity index (χ1n) is 7.11. The van der Waals surface area contributed by atoms with Crippen LogP contribution < -0.4 is 5.32 Å². The molecule has 1 aromatic rings. The Morgan fingerprint density at radius 1 is 1.42 bits per heavy atom. The molecule has 1 unspecified atom stereocenters. The third-order valence-corrected chi connectivity index (χ3v) is 4.27. The first-order chi connectivity index (χ1) is 9.24. The van der Waals surface area contributed by atoms with Gasteiger partial charge in [-0.1, -0.05) is 31.6 Å². The van der Waals surface area contributed by atoms with E-state index < -0.39 is 0 Å². The van der Waals surface area contributed by atoms with E-state index in [-0.39, 0.29) is 5.91 Å². The van der Waals surface area contributed by atoms with Crippen LogP contribution in [-0.4, -0.2) is 40.6 Å². The average molecular weight is 282 g/mol. The SMILES string of the molecule is CCCNc1nnc(C(=O)N2CCC(CCC)C2)s1. The number of rotatable bonds is 6. The van der Waals surface area contributed by atoms with Gasteiger partial charge in [-0.25, -0.2) is 0 Å². The number of likely N-dealkylation sites (tertiary alicyclic amines) is 1. The highest BCUT2D eigenvalue weighted by Crippen LogP contribution is 2.24. The summed E-state index contributed by atoms with van der Waals surface area (Å²) in [6.45, 7) is 6.90. The molecule has 1 amide bonds. The lowest BCUT2D eigenvalue weighted by Crippen LogP contribution is -2.28. The van der Waals surface area contributed by atoms with E-state index in [1.54, 1.807) is 0 Å². The zero-order chi connectivity index (χ0) is 13.7. The van der Waals surface area contributed by atoms with Gasteiger partial charge in [-0.3, -0.25) is 4.79 Å². The molecule has 1 fully saturated rings. The molecule has 19 heavy (non-hydrogen) atoms. The molecule has 1 atom stereocenters. The van der Waals surface area contributed by atoms with Crippen LogP contribution in [0.2, 0.25) is 0 Å². The van der Waals surface area contributed by atoms with Gasteiger partial charge in [0, 0.05) is 19.6 Å². The van der Waals surface area contributed by atoms with Crippen LogP contribution in [0, 0.1) is 5.92 Å². The van der Waals surface area contributed by atoms with E-state index in [0.29, 0.717) is 10.9 Å². The second-order valence-corrected chi connectivity index (χ2v) is 6.01. The zero-order valence-electron chi connectivity index (χ0n) is 11.7. The number of carbonyl (C=O) groups excluding carboxylic acids is 1. The van der Waals surface area contributed by atoms with Gasteiger partial charge in [0.1, 0.15) is 0 Å². The molecule has 5 nitrogen and oxygen atoms in total. The molecule has 1 saturated heterocycles. The Hall–Kier alpha value is -1.17. The Morgan fingerprint density at radius 3 is 3.00 bits per heavy atom. The largest absolute Gasteiger partial charge is 0.360 e. The van der Waals surface area contributed by atoms with Gasteiger partial charge in [0.2, 0.25) is 10.1 Å². The minimum atomic E-state index is 0.0423. The molecule has 0 saturated carbocycles. The first-order valence-corrected chi connectivity index (χ1v) is 7.92. The van der Waals surface area contributed by atoms with E-state index >= 15 is 0 Å². The molecule has 1 aromatic heterocycles. The number of anilines is 1. The number of nitrogens with one attached hydrogen (secondary N) is 1. The van der Waals surface area contributed by atoms with E-state index in [0.717, 1.165) is 37.6 Å². The van der Waals surface area contributed by atoms with Crippen LogP contribution in [0.1, 0.15) is 49.3 Å². The highest BCUT2D eigenvalue weighted by atomic mass is 32.1. The summed E-state index contributed by atoms with van der Waals surface area (Å²) >= 11 is 1.36. The van der Waals surface area contributed by atoms with Crippen LogP contribution in [0.5, 0.6) is 0 Å². The van der Waals surface area contributed by atoms with Gasteiger partial charge < -0.3 is 10.2 Å². The second kappa shape index (κ2) is 6.84. The van der Waals surface area contributed by atoms with Crippen molar-refractivity contribution in [3.63, 3.8) is 0 Å². The summed E-state index contributed by atoms with van der Waals surface area (Å²) in [5.41, 5.74) is 0. The van der Waals surface area contributed by atoms with Crippen LogP contribution in [0.4, 0.5) is 5.13 Å². The maximum absolute atomic E-state index is 12.3. The predicted molar refractivity (Wildman–Crippen MR) is 77.6 cm³/mol. The van der Waals surface area contributed by atoms with Gasteiger partial charge in [-0.15, -0.1) is 10.2 Å². The summed E-state index contributed by atoms with van der Waals surface area (Å²) in [5, 5.41) is 12.4. The second-order valence-electron chi connectivity index (χ2n) is 5.03. The third kappa shape index (κ3) is 3.65. The minimum Gasteiger partial charge on any atom is -0.360 e. The molecule has 0 spiro atoms. The van der Waals surface area contributed by atoms with Crippen molar-refractivity contribution in [1.29, 1.82) is 0 Å². The van der Waals surface area contributed by atoms with Crippen molar-refractivity contribution in [1.82, 2.24) is 15.1 Å². The Balaban J connectivity index is 1.91. The van der Waals surface area contributed by atoms with Crippen molar-refractivity contribution in [2.45, 2.75) is 39.5 Å². The number of carbonyl (C=O) groups is 1. The Bertz CT molecular complexity index is 421. The average Bonchev–Trinajstić information content (AvgIpc) is 3.05. The first kappa shape index (κ1) is 14.2. The fourth-order valence-corrected chi connectivity index (χ4v) is 3.15. The van der Waals surface area contributed by atoms with E-state index in [2.05, 4.69) is 29.4 Å². The lowest BCUT2D eigenvalue weighted by Gasteiger charge is -2.14. The molecule has 6 heteroatoms. The van der Waals surface area contributed by atoms with E-state index in [9.17, 15) is 4.79 Å². The van der Waals surface area contributed by atoms with Crippen LogP contribution in [0.25, 0.3) is 0 Å². The third-order valence-electron chi connectivity index (χ3n) is 3.40. The van der Waals surface area contributed by atoms with Crippen molar-refractivity contribution < 1.29 is 4.79 Å². The summed E-state index contributed by atoms with van der Waals surface area (Å²) in [7, 11) is 0. The van der Waals surface area contributed by atoms with Gasteiger partial charge >= 0.3 is 0 Å². The topological polar surface area (TPSA) is 58.1 Å². The number of hydrogen-bond donors (Lipinski definition) is 1. The maximum atomic E-state index is 12.3. The predicted octanol–water partition coefficient (Wildman–Crippen LogP) is 2.62. The van der Waals surface area contributed by atoms with E-state index in [1.807, 2.05) is 4.90 Å². The summed E-state index contributed by atoms with van der Waals surface area (Å²) in [4.78, 5) is 14.2. The van der Waals surface area contributed by atoms with Crippen molar-refractivity contribution in [2.24, 2.45) is 5.92 Å². The maximum Gasteiger partial charge on any atom is 0.284 e.